The molecule has 1 aromatic heterocycles. The first-order valence-electron chi connectivity index (χ1n) is 8.92. The third-order valence-corrected chi connectivity index (χ3v) is 5.53. The number of aromatic nitrogens is 1. The van der Waals surface area contributed by atoms with E-state index in [0.29, 0.717) is 23.8 Å². The number of carbonyl (C=O) groups excluding carboxylic acids is 1. The quantitative estimate of drug-likeness (QED) is 0.603. The van der Waals surface area contributed by atoms with Gasteiger partial charge in [0.2, 0.25) is 0 Å². The highest BCUT2D eigenvalue weighted by atomic mass is 32.1. The summed E-state index contributed by atoms with van der Waals surface area (Å²) >= 11 is 1.32. The fraction of sp³-hybridized carbons (Fsp3) is 0.238. The van der Waals surface area contributed by atoms with Crippen LogP contribution < -0.4 is 4.90 Å². The minimum Gasteiger partial charge on any atom is -0.376 e. The number of carbonyl (C=O) groups is 1. The minimum atomic E-state index is -0.376. The van der Waals surface area contributed by atoms with Crippen LogP contribution in [0.4, 0.5) is 9.52 Å². The minimum absolute atomic E-state index is 0.0177. The second-order valence-corrected chi connectivity index (χ2v) is 7.42. The van der Waals surface area contributed by atoms with Crippen molar-refractivity contribution in [3.63, 3.8) is 0 Å². The van der Waals surface area contributed by atoms with E-state index in [0.717, 1.165) is 23.1 Å². The highest BCUT2D eigenvalue weighted by Crippen LogP contribution is 2.31. The van der Waals surface area contributed by atoms with Crippen LogP contribution in [0.15, 0.2) is 54.6 Å². The number of ether oxygens (including phenoxy) is 1. The van der Waals surface area contributed by atoms with Crippen LogP contribution in [-0.4, -0.2) is 30.1 Å². The van der Waals surface area contributed by atoms with Crippen molar-refractivity contribution in [3.8, 4) is 0 Å². The molecule has 4 rings (SSSR count). The summed E-state index contributed by atoms with van der Waals surface area (Å²) < 4.78 is 20.5. The molecule has 1 fully saturated rings. The van der Waals surface area contributed by atoms with E-state index in [1.807, 2.05) is 36.4 Å². The molecule has 0 N–H and O–H groups in total. The Bertz CT molecular complexity index is 965. The van der Waals surface area contributed by atoms with Crippen LogP contribution in [-0.2, 0) is 9.53 Å². The van der Waals surface area contributed by atoms with Gasteiger partial charge < -0.3 is 4.74 Å². The van der Waals surface area contributed by atoms with E-state index in [-0.39, 0.29) is 17.8 Å². The third-order valence-electron chi connectivity index (χ3n) is 4.48. The normalized spacial score (nSPS) is 17.0. The Hall–Kier alpha value is -2.57. The Labute approximate surface area is 160 Å². The SMILES string of the molecule is O=C(/C=C/c1ccccc1)N(CC1CCCO1)c1nc2c(F)cccc2s1. The van der Waals surface area contributed by atoms with Crippen molar-refractivity contribution in [2.45, 2.75) is 18.9 Å². The van der Waals surface area contributed by atoms with Crippen LogP contribution in [0.2, 0.25) is 0 Å². The monoisotopic (exact) mass is 382 g/mol. The molecule has 6 heteroatoms. The molecule has 0 saturated carbocycles. The third kappa shape index (κ3) is 4.07. The van der Waals surface area contributed by atoms with Crippen molar-refractivity contribution < 1.29 is 13.9 Å². The lowest BCUT2D eigenvalue weighted by Crippen LogP contribution is -2.36. The Morgan fingerprint density at radius 2 is 2.11 bits per heavy atom. The van der Waals surface area contributed by atoms with Crippen molar-refractivity contribution in [1.29, 1.82) is 0 Å². The molecule has 2 aromatic carbocycles. The van der Waals surface area contributed by atoms with E-state index >= 15 is 0 Å². The molecule has 2 heterocycles. The summed E-state index contributed by atoms with van der Waals surface area (Å²) in [5.41, 5.74) is 1.24. The van der Waals surface area contributed by atoms with Gasteiger partial charge in [0, 0.05) is 12.7 Å². The molecule has 1 amide bonds. The smallest absolute Gasteiger partial charge is 0.252 e. The molecule has 138 valence electrons. The largest absolute Gasteiger partial charge is 0.376 e. The first-order valence-corrected chi connectivity index (χ1v) is 9.73. The van der Waals surface area contributed by atoms with Crippen LogP contribution in [0.25, 0.3) is 16.3 Å². The van der Waals surface area contributed by atoms with Gasteiger partial charge in [-0.3, -0.25) is 9.69 Å². The summed E-state index contributed by atoms with van der Waals surface area (Å²) in [6.07, 6.45) is 5.19. The topological polar surface area (TPSA) is 42.4 Å². The van der Waals surface area contributed by atoms with Crippen molar-refractivity contribution in [2.24, 2.45) is 0 Å². The predicted molar refractivity (Wildman–Crippen MR) is 106 cm³/mol. The first-order chi connectivity index (χ1) is 13.2. The lowest BCUT2D eigenvalue weighted by atomic mass is 10.2. The summed E-state index contributed by atoms with van der Waals surface area (Å²) in [6, 6.07) is 14.5. The zero-order chi connectivity index (χ0) is 18.6. The van der Waals surface area contributed by atoms with Gasteiger partial charge in [-0.2, -0.15) is 0 Å². The number of hydrogen-bond donors (Lipinski definition) is 0. The number of thiazole rings is 1. The summed E-state index contributed by atoms with van der Waals surface area (Å²) in [5.74, 6) is -0.562. The molecule has 1 unspecified atom stereocenters. The van der Waals surface area contributed by atoms with Gasteiger partial charge >= 0.3 is 0 Å². The van der Waals surface area contributed by atoms with E-state index in [4.69, 9.17) is 4.74 Å². The van der Waals surface area contributed by atoms with Gasteiger partial charge in [0.25, 0.3) is 5.91 Å². The molecule has 0 spiro atoms. The number of rotatable bonds is 5. The molecule has 1 atom stereocenters. The first kappa shape index (κ1) is 17.8. The molecule has 1 aliphatic heterocycles. The molecule has 4 nitrogen and oxygen atoms in total. The Morgan fingerprint density at radius 3 is 2.85 bits per heavy atom. The molecule has 0 aliphatic carbocycles. The zero-order valence-corrected chi connectivity index (χ0v) is 15.5. The molecule has 3 aromatic rings. The number of para-hydroxylation sites is 1. The van der Waals surface area contributed by atoms with Gasteiger partial charge in [0.05, 0.1) is 17.3 Å². The number of halogens is 1. The van der Waals surface area contributed by atoms with Crippen LogP contribution in [0.1, 0.15) is 18.4 Å². The van der Waals surface area contributed by atoms with Crippen molar-refractivity contribution >= 4 is 38.7 Å². The molecule has 1 saturated heterocycles. The molecular formula is C21H19FN2O2S. The fourth-order valence-electron chi connectivity index (χ4n) is 3.09. The maximum atomic E-state index is 14.0. The number of amides is 1. The molecule has 0 radical (unpaired) electrons. The van der Waals surface area contributed by atoms with E-state index in [1.165, 1.54) is 23.5 Å². The maximum absolute atomic E-state index is 14.0. The summed E-state index contributed by atoms with van der Waals surface area (Å²) in [6.45, 7) is 1.13. The Balaban J connectivity index is 1.64. The van der Waals surface area contributed by atoms with Gasteiger partial charge in [0.15, 0.2) is 5.13 Å². The van der Waals surface area contributed by atoms with Gasteiger partial charge in [0.1, 0.15) is 11.3 Å². The summed E-state index contributed by atoms with van der Waals surface area (Å²) in [7, 11) is 0. The number of anilines is 1. The Morgan fingerprint density at radius 1 is 1.26 bits per heavy atom. The number of benzene rings is 2. The predicted octanol–water partition coefficient (Wildman–Crippen LogP) is 4.66. The highest BCUT2D eigenvalue weighted by molar-refractivity contribution is 7.22. The van der Waals surface area contributed by atoms with E-state index in [2.05, 4.69) is 4.98 Å². The van der Waals surface area contributed by atoms with E-state index < -0.39 is 0 Å². The molecular weight excluding hydrogens is 363 g/mol. The van der Waals surface area contributed by atoms with Crippen molar-refractivity contribution in [3.05, 3.63) is 66.0 Å². The van der Waals surface area contributed by atoms with Gasteiger partial charge in [-0.15, -0.1) is 0 Å². The van der Waals surface area contributed by atoms with Gasteiger partial charge in [-0.25, -0.2) is 9.37 Å². The van der Waals surface area contributed by atoms with Crippen LogP contribution in [0.3, 0.4) is 0 Å². The van der Waals surface area contributed by atoms with Gasteiger partial charge in [-0.1, -0.05) is 47.7 Å². The van der Waals surface area contributed by atoms with Crippen LogP contribution >= 0.6 is 11.3 Å². The van der Waals surface area contributed by atoms with Crippen LogP contribution in [0.5, 0.6) is 0 Å². The average Bonchev–Trinajstić information content (AvgIpc) is 3.35. The zero-order valence-electron chi connectivity index (χ0n) is 14.7. The van der Waals surface area contributed by atoms with Crippen molar-refractivity contribution in [1.82, 2.24) is 4.98 Å². The Kier molecular flexibility index (Phi) is 5.27. The number of fused-ring (bicyclic) bond motifs is 1. The van der Waals surface area contributed by atoms with Crippen molar-refractivity contribution in [2.75, 3.05) is 18.1 Å². The lowest BCUT2D eigenvalue weighted by molar-refractivity contribution is -0.114. The van der Waals surface area contributed by atoms with Crippen LogP contribution in [0, 0.1) is 5.82 Å². The molecule has 0 bridgehead atoms. The standard InChI is InChI=1S/C21H19FN2O2S/c22-17-9-4-10-18-20(17)23-21(27-18)24(14-16-8-5-13-26-16)19(25)12-11-15-6-2-1-3-7-15/h1-4,6-7,9-12,16H,5,8,13-14H2/b12-11+. The number of nitrogens with zero attached hydrogens (tertiary/aromatic N) is 2. The average molecular weight is 382 g/mol. The van der Waals surface area contributed by atoms with E-state index in [9.17, 15) is 9.18 Å². The maximum Gasteiger partial charge on any atom is 0.252 e. The molecule has 1 aliphatic rings. The molecule has 27 heavy (non-hydrogen) atoms. The highest BCUT2D eigenvalue weighted by Gasteiger charge is 2.25. The number of hydrogen-bond acceptors (Lipinski definition) is 4. The second-order valence-electron chi connectivity index (χ2n) is 6.41. The lowest BCUT2D eigenvalue weighted by Gasteiger charge is -2.21. The summed E-state index contributed by atoms with van der Waals surface area (Å²) in [5, 5.41) is 0.494. The second kappa shape index (κ2) is 7.98. The van der Waals surface area contributed by atoms with E-state index in [1.54, 1.807) is 17.0 Å². The van der Waals surface area contributed by atoms with Gasteiger partial charge in [-0.05, 0) is 36.6 Å². The fourth-order valence-corrected chi connectivity index (χ4v) is 4.09. The summed E-state index contributed by atoms with van der Waals surface area (Å²) in [4.78, 5) is 18.9.